The Balaban J connectivity index is 0.00000291. The molecule has 12 aromatic rings. The molecular formula is C64H41N5Pt2. The molecule has 5 nitrogen and oxygen atoms in total. The second-order valence-corrected chi connectivity index (χ2v) is 17.0. The van der Waals surface area contributed by atoms with Gasteiger partial charge in [-0.2, -0.15) is 47.2 Å². The zero-order chi connectivity index (χ0) is 46.0. The monoisotopic (exact) mass is 1270 g/mol. The van der Waals surface area contributed by atoms with Crippen LogP contribution in [0.2, 0.25) is 0 Å². The van der Waals surface area contributed by atoms with Crippen LogP contribution in [-0.4, -0.2) is 24.5 Å². The zero-order valence-corrected chi connectivity index (χ0v) is 42.6. The maximum atomic E-state index is 4.93. The first-order chi connectivity index (χ1) is 34.2. The van der Waals surface area contributed by atoms with Crippen LogP contribution in [0.1, 0.15) is 44.5 Å². The Labute approximate surface area is 442 Å². The fourth-order valence-electron chi connectivity index (χ4n) is 10.2. The summed E-state index contributed by atoms with van der Waals surface area (Å²) in [5.74, 6) is 0.516. The molecule has 0 fully saturated rings. The summed E-state index contributed by atoms with van der Waals surface area (Å²) in [6.07, 6.45) is 7.24. The topological polar surface area (TPSA) is 56.5 Å². The fraction of sp³-hybridized carbons (Fsp3) is 0.0312. The number of pyridine rings is 2. The largest absolute Gasteiger partial charge is 2.00 e. The summed E-state index contributed by atoms with van der Waals surface area (Å²) in [7, 11) is 0. The van der Waals surface area contributed by atoms with Crippen molar-refractivity contribution in [3.05, 3.63) is 318 Å². The first-order valence-corrected chi connectivity index (χ1v) is 23.0. The van der Waals surface area contributed by atoms with Crippen molar-refractivity contribution in [3.8, 4) is 28.5 Å². The average molecular weight is 1270 g/mol. The van der Waals surface area contributed by atoms with Gasteiger partial charge in [0.25, 0.3) is 0 Å². The van der Waals surface area contributed by atoms with Crippen molar-refractivity contribution in [2.45, 2.75) is 10.8 Å². The number of hydrogen-bond acceptors (Lipinski definition) is 4. The standard InChI is InChI=1S/C64H41N5.2Pt/c1-5-22-48(23-6-1)63(49-24-7-2-8-25-49,52-30-17-20-46(42-52)58-32-13-15-38-65-58)54-34-36-56-57-37-35-55(45-61(57)69(60(56)44-54)62-67-40-19-41-68-62)64(50-26-9-3-10-27-50,51-28-11-4-12-29-51)53-31-18-21-47(43-53)59-33-14-16-39-66-59;;/h1-41H;;/q-4;2*+2. The number of fused-ring (bicyclic) bond motifs is 3. The van der Waals surface area contributed by atoms with Crippen LogP contribution in [0.3, 0.4) is 0 Å². The minimum Gasteiger partial charge on any atom is -0.328 e. The molecule has 0 bridgehead atoms. The Bertz CT molecular complexity index is 3400. The third-order valence-electron chi connectivity index (χ3n) is 13.3. The van der Waals surface area contributed by atoms with Gasteiger partial charge < -0.3 is 14.5 Å². The van der Waals surface area contributed by atoms with E-state index in [2.05, 4.69) is 211 Å². The molecule has 0 N–H and O–H groups in total. The van der Waals surface area contributed by atoms with Crippen LogP contribution in [0, 0.1) is 24.3 Å². The first kappa shape index (κ1) is 47.0. The number of nitrogens with zero attached hydrogens (tertiary/aromatic N) is 5. The predicted molar refractivity (Wildman–Crippen MR) is 275 cm³/mol. The second kappa shape index (κ2) is 20.3. The van der Waals surface area contributed by atoms with E-state index < -0.39 is 10.8 Å². The average Bonchev–Trinajstić information content (AvgIpc) is 3.76. The summed E-state index contributed by atoms with van der Waals surface area (Å²) >= 11 is 0. The van der Waals surface area contributed by atoms with E-state index in [9.17, 15) is 0 Å². The summed E-state index contributed by atoms with van der Waals surface area (Å²) in [5.41, 5.74) is 11.6. The number of hydrogen-bond donors (Lipinski definition) is 0. The minimum atomic E-state index is -0.862. The Morgan fingerprint density at radius 1 is 0.296 bits per heavy atom. The SMILES string of the molecule is [Pt+2].[Pt+2].[c-]1c(-c2ccccn2)cccc1C(c1[c-]c2c(cc1)c1ccc(C(c3[c-]c(-c4ccccn4)ccc3)(c3ccccc3)c3ccccc3)[c-]c1n2-c1ncccn1)(c1ccccc1)c1ccccc1. The summed E-state index contributed by atoms with van der Waals surface area (Å²) in [4.78, 5) is 19.3. The maximum absolute atomic E-state index is 4.93. The molecule has 4 heterocycles. The van der Waals surface area contributed by atoms with Gasteiger partial charge in [-0.1, -0.05) is 157 Å². The van der Waals surface area contributed by atoms with Crippen LogP contribution in [0.25, 0.3) is 50.3 Å². The number of rotatable bonds is 11. The van der Waals surface area contributed by atoms with Crippen molar-refractivity contribution in [2.75, 3.05) is 0 Å². The van der Waals surface area contributed by atoms with Crippen molar-refractivity contribution in [3.63, 3.8) is 0 Å². The van der Waals surface area contributed by atoms with Gasteiger partial charge >= 0.3 is 42.1 Å². The van der Waals surface area contributed by atoms with E-state index in [1.54, 1.807) is 12.4 Å². The summed E-state index contributed by atoms with van der Waals surface area (Å²) in [6.45, 7) is 0. The Morgan fingerprint density at radius 3 is 1.01 bits per heavy atom. The predicted octanol–water partition coefficient (Wildman–Crippen LogP) is 13.7. The zero-order valence-electron chi connectivity index (χ0n) is 38.0. The molecule has 0 radical (unpaired) electrons. The molecule has 0 atom stereocenters. The summed E-state index contributed by atoms with van der Waals surface area (Å²) < 4.78 is 2.13. The smallest absolute Gasteiger partial charge is 0.328 e. The minimum absolute atomic E-state index is 0. The molecule has 7 heteroatoms. The van der Waals surface area contributed by atoms with Crippen LogP contribution in [-0.2, 0) is 53.0 Å². The molecule has 4 aromatic heterocycles. The van der Waals surface area contributed by atoms with Crippen LogP contribution in [0.15, 0.2) is 249 Å². The van der Waals surface area contributed by atoms with Crippen molar-refractivity contribution in [1.29, 1.82) is 0 Å². The molecule has 0 amide bonds. The van der Waals surface area contributed by atoms with Crippen molar-refractivity contribution >= 4 is 21.8 Å². The van der Waals surface area contributed by atoms with E-state index in [4.69, 9.17) is 19.9 Å². The van der Waals surface area contributed by atoms with E-state index in [1.807, 2.05) is 54.9 Å². The Morgan fingerprint density at radius 2 is 0.648 bits per heavy atom. The van der Waals surface area contributed by atoms with E-state index >= 15 is 0 Å². The van der Waals surface area contributed by atoms with Gasteiger partial charge in [-0.3, -0.25) is 0 Å². The molecule has 0 aliphatic heterocycles. The summed E-state index contributed by atoms with van der Waals surface area (Å²) in [6, 6.07) is 94.1. The molecule has 0 aliphatic rings. The second-order valence-electron chi connectivity index (χ2n) is 17.0. The van der Waals surface area contributed by atoms with Crippen LogP contribution >= 0.6 is 0 Å². The van der Waals surface area contributed by atoms with Gasteiger partial charge in [0.1, 0.15) is 0 Å². The molecule has 8 aromatic carbocycles. The van der Waals surface area contributed by atoms with E-state index in [0.29, 0.717) is 5.95 Å². The van der Waals surface area contributed by atoms with Gasteiger partial charge in [-0.15, -0.1) is 81.9 Å². The third-order valence-corrected chi connectivity index (χ3v) is 13.3. The summed E-state index contributed by atoms with van der Waals surface area (Å²) in [5, 5.41) is 2.00. The van der Waals surface area contributed by atoms with Crippen molar-refractivity contribution in [2.24, 2.45) is 0 Å². The normalized spacial score (nSPS) is 11.4. The molecule has 12 rings (SSSR count). The quantitative estimate of drug-likeness (QED) is 0.0957. The number of aromatic nitrogens is 5. The molecule has 0 saturated carbocycles. The van der Waals surface area contributed by atoms with Crippen LogP contribution in [0.4, 0.5) is 0 Å². The molecule has 342 valence electrons. The number of benzene rings is 8. The molecule has 0 unspecified atom stereocenters. The van der Waals surface area contributed by atoms with Gasteiger partial charge in [0.15, 0.2) is 0 Å². The van der Waals surface area contributed by atoms with Gasteiger partial charge in [-0.05, 0) is 51.8 Å². The van der Waals surface area contributed by atoms with E-state index in [-0.39, 0.29) is 42.1 Å². The van der Waals surface area contributed by atoms with Crippen molar-refractivity contribution in [1.82, 2.24) is 24.5 Å². The molecule has 71 heavy (non-hydrogen) atoms. The molecule has 0 aliphatic carbocycles. The molecule has 0 saturated heterocycles. The van der Waals surface area contributed by atoms with Gasteiger partial charge in [-0.25, -0.2) is 9.97 Å². The fourth-order valence-corrected chi connectivity index (χ4v) is 10.2. The van der Waals surface area contributed by atoms with Gasteiger partial charge in [0, 0.05) is 35.6 Å². The van der Waals surface area contributed by atoms with Crippen LogP contribution < -0.4 is 0 Å². The Hall–Kier alpha value is -7.68. The Kier molecular flexibility index (Phi) is 13.5. The third kappa shape index (κ3) is 8.20. The van der Waals surface area contributed by atoms with Crippen LogP contribution in [0.5, 0.6) is 0 Å². The van der Waals surface area contributed by atoms with Gasteiger partial charge in [0.05, 0.1) is 0 Å². The molecular weight excluding hydrogens is 1230 g/mol. The van der Waals surface area contributed by atoms with Crippen molar-refractivity contribution < 1.29 is 42.1 Å². The van der Waals surface area contributed by atoms with E-state index in [0.717, 1.165) is 88.8 Å². The maximum Gasteiger partial charge on any atom is 2.00 e. The molecule has 0 spiro atoms. The first-order valence-electron chi connectivity index (χ1n) is 23.0. The van der Waals surface area contributed by atoms with Gasteiger partial charge in [0.2, 0.25) is 5.95 Å². The van der Waals surface area contributed by atoms with E-state index in [1.165, 1.54) is 0 Å².